The molecular weight excluding hydrogens is 480 g/mol. The van der Waals surface area contributed by atoms with Crippen molar-refractivity contribution in [3.8, 4) is 28.5 Å². The number of halogens is 3. The van der Waals surface area contributed by atoms with E-state index in [2.05, 4.69) is 4.98 Å². The zero-order valence-corrected chi connectivity index (χ0v) is 20.4. The molecule has 9 heteroatoms. The summed E-state index contributed by atoms with van der Waals surface area (Å²) in [4.78, 5) is 17.2. The number of ketones is 1. The predicted octanol–water partition coefficient (Wildman–Crippen LogP) is 5.78. The smallest absolute Gasteiger partial charge is 0.163 e. The average Bonchev–Trinajstić information content (AvgIpc) is 2.87. The Morgan fingerprint density at radius 2 is 1.77 bits per heavy atom. The number of hydrogen-bond donors (Lipinski definition) is 1. The van der Waals surface area contributed by atoms with E-state index in [1.807, 2.05) is 0 Å². The van der Waals surface area contributed by atoms with Crippen molar-refractivity contribution in [3.63, 3.8) is 0 Å². The summed E-state index contributed by atoms with van der Waals surface area (Å²) in [5, 5.41) is 8.83. The minimum Gasteiger partial charge on any atom is -0.494 e. The van der Waals surface area contributed by atoms with Crippen LogP contribution >= 0.6 is 11.6 Å². The third kappa shape index (κ3) is 6.26. The van der Waals surface area contributed by atoms with Crippen LogP contribution in [0.1, 0.15) is 35.8 Å². The lowest BCUT2D eigenvalue weighted by Crippen LogP contribution is -2.19. The Hall–Kier alpha value is -3.23. The summed E-state index contributed by atoms with van der Waals surface area (Å²) in [6.45, 7) is 1.28. The SMILES string of the molecule is COc1cc(C(=O)CCC(C)(F)c2ccc(OC)c(-c3ccc(F)c(Cl)c3)n2)ccc1OCCO. The van der Waals surface area contributed by atoms with E-state index < -0.39 is 11.5 Å². The van der Waals surface area contributed by atoms with Gasteiger partial charge in [0.15, 0.2) is 17.3 Å². The Kier molecular flexibility index (Phi) is 8.64. The zero-order chi connectivity index (χ0) is 25.6. The topological polar surface area (TPSA) is 77.9 Å². The highest BCUT2D eigenvalue weighted by Crippen LogP contribution is 2.36. The van der Waals surface area contributed by atoms with Gasteiger partial charge in [-0.25, -0.2) is 13.8 Å². The highest BCUT2D eigenvalue weighted by molar-refractivity contribution is 6.31. The number of pyridine rings is 1. The number of rotatable bonds is 11. The van der Waals surface area contributed by atoms with Gasteiger partial charge in [0.05, 0.1) is 31.5 Å². The number of Topliss-reactive ketones (excluding diaryl/α,β-unsaturated/α-hetero) is 1. The van der Waals surface area contributed by atoms with Gasteiger partial charge in [-0.2, -0.15) is 0 Å². The molecule has 0 amide bonds. The van der Waals surface area contributed by atoms with Crippen molar-refractivity contribution >= 4 is 17.4 Å². The van der Waals surface area contributed by atoms with Crippen LogP contribution in [0.5, 0.6) is 17.2 Å². The number of aliphatic hydroxyl groups is 1. The summed E-state index contributed by atoms with van der Waals surface area (Å²) in [5.74, 6) is 0.249. The second-order valence-corrected chi connectivity index (χ2v) is 8.34. The fraction of sp³-hybridized carbons (Fsp3) is 0.308. The van der Waals surface area contributed by atoms with Crippen LogP contribution in [0.15, 0.2) is 48.5 Å². The fourth-order valence-electron chi connectivity index (χ4n) is 3.49. The largest absolute Gasteiger partial charge is 0.494 e. The Morgan fingerprint density at radius 3 is 2.43 bits per heavy atom. The van der Waals surface area contributed by atoms with Gasteiger partial charge >= 0.3 is 0 Å². The molecule has 35 heavy (non-hydrogen) atoms. The van der Waals surface area contributed by atoms with Crippen molar-refractivity contribution in [3.05, 3.63) is 70.6 Å². The van der Waals surface area contributed by atoms with Gasteiger partial charge < -0.3 is 19.3 Å². The number of methoxy groups -OCH3 is 2. The van der Waals surface area contributed by atoms with Gasteiger partial charge in [-0.05, 0) is 61.9 Å². The highest BCUT2D eigenvalue weighted by atomic mass is 35.5. The minimum atomic E-state index is -1.94. The Morgan fingerprint density at radius 1 is 1.06 bits per heavy atom. The van der Waals surface area contributed by atoms with E-state index in [9.17, 15) is 9.18 Å². The van der Waals surface area contributed by atoms with E-state index in [1.165, 1.54) is 51.5 Å². The molecule has 3 aromatic rings. The van der Waals surface area contributed by atoms with Gasteiger partial charge in [0.1, 0.15) is 29.5 Å². The molecule has 3 rings (SSSR count). The van der Waals surface area contributed by atoms with Gasteiger partial charge in [0.2, 0.25) is 0 Å². The molecule has 0 saturated carbocycles. The van der Waals surface area contributed by atoms with Crippen molar-refractivity contribution in [1.82, 2.24) is 4.98 Å². The number of nitrogens with zero attached hydrogens (tertiary/aromatic N) is 1. The standard InChI is InChI=1S/C26H26ClF2NO5/c1-26(29,11-10-20(32)16-5-7-21(35-13-12-31)23(15-16)34-3)24-9-8-22(33-2)25(30-24)17-4-6-19(28)18(27)14-17/h4-9,14-15,31H,10-13H2,1-3H3. The molecule has 0 aliphatic heterocycles. The molecule has 1 unspecified atom stereocenters. The number of aliphatic hydroxyl groups excluding tert-OH is 1. The third-order valence-electron chi connectivity index (χ3n) is 5.46. The molecule has 0 aliphatic carbocycles. The summed E-state index contributed by atoms with van der Waals surface area (Å²) in [6.07, 6.45) is -0.210. The number of hydrogen-bond acceptors (Lipinski definition) is 6. The molecule has 6 nitrogen and oxygen atoms in total. The molecule has 186 valence electrons. The minimum absolute atomic E-state index is 0.0849. The molecule has 1 aromatic heterocycles. The molecule has 1 heterocycles. The Bertz CT molecular complexity index is 1200. The molecule has 0 fully saturated rings. The number of ether oxygens (including phenoxy) is 3. The van der Waals surface area contributed by atoms with Gasteiger partial charge in [-0.1, -0.05) is 11.6 Å². The van der Waals surface area contributed by atoms with Crippen LogP contribution in [0, 0.1) is 5.82 Å². The molecule has 1 atom stereocenters. The van der Waals surface area contributed by atoms with E-state index in [-0.39, 0.29) is 42.6 Å². The molecule has 0 radical (unpaired) electrons. The summed E-state index contributed by atoms with van der Waals surface area (Å²) in [6, 6.07) is 11.8. The maximum atomic E-state index is 15.7. The van der Waals surface area contributed by atoms with Crippen LogP contribution in [-0.2, 0) is 5.67 Å². The van der Waals surface area contributed by atoms with Crippen LogP contribution in [0.3, 0.4) is 0 Å². The molecule has 0 bridgehead atoms. The summed E-state index contributed by atoms with van der Waals surface area (Å²) < 4.78 is 45.3. The maximum Gasteiger partial charge on any atom is 0.163 e. The zero-order valence-electron chi connectivity index (χ0n) is 19.6. The summed E-state index contributed by atoms with van der Waals surface area (Å²) in [5.41, 5.74) is -0.706. The first-order valence-corrected chi connectivity index (χ1v) is 11.2. The van der Waals surface area contributed by atoms with Crippen molar-refractivity contribution in [2.24, 2.45) is 0 Å². The van der Waals surface area contributed by atoms with Gasteiger partial charge in [0, 0.05) is 17.5 Å². The fourth-order valence-corrected chi connectivity index (χ4v) is 3.67. The number of aromatic nitrogens is 1. The van der Waals surface area contributed by atoms with E-state index in [4.69, 9.17) is 30.9 Å². The van der Waals surface area contributed by atoms with E-state index in [1.54, 1.807) is 18.2 Å². The molecule has 0 aliphatic rings. The predicted molar refractivity (Wildman–Crippen MR) is 129 cm³/mol. The van der Waals surface area contributed by atoms with Gasteiger partial charge in [0.25, 0.3) is 0 Å². The quantitative estimate of drug-likeness (QED) is 0.333. The lowest BCUT2D eigenvalue weighted by atomic mass is 9.93. The summed E-state index contributed by atoms with van der Waals surface area (Å²) in [7, 11) is 2.89. The van der Waals surface area contributed by atoms with Crippen molar-refractivity contribution in [1.29, 1.82) is 0 Å². The van der Waals surface area contributed by atoms with Crippen LogP contribution in [0.2, 0.25) is 5.02 Å². The van der Waals surface area contributed by atoms with E-state index >= 15 is 4.39 Å². The van der Waals surface area contributed by atoms with Crippen LogP contribution in [0.4, 0.5) is 8.78 Å². The van der Waals surface area contributed by atoms with Crippen molar-refractivity contribution in [2.75, 3.05) is 27.4 Å². The van der Waals surface area contributed by atoms with Gasteiger partial charge in [-0.3, -0.25) is 4.79 Å². The monoisotopic (exact) mass is 505 g/mol. The molecule has 1 N–H and O–H groups in total. The maximum absolute atomic E-state index is 15.7. The lowest BCUT2D eigenvalue weighted by molar-refractivity contribution is 0.0929. The number of carbonyl (C=O) groups excluding carboxylic acids is 1. The summed E-state index contributed by atoms with van der Waals surface area (Å²) >= 11 is 5.90. The molecule has 0 saturated heterocycles. The van der Waals surface area contributed by atoms with E-state index in [0.29, 0.717) is 34.1 Å². The third-order valence-corrected chi connectivity index (χ3v) is 5.75. The number of alkyl halides is 1. The van der Waals surface area contributed by atoms with Crippen LogP contribution in [-0.4, -0.2) is 43.3 Å². The first-order valence-electron chi connectivity index (χ1n) is 10.8. The Balaban J connectivity index is 1.80. The van der Waals surface area contributed by atoms with Crippen molar-refractivity contribution in [2.45, 2.75) is 25.4 Å². The first-order chi connectivity index (χ1) is 16.7. The Labute approximate surface area is 207 Å². The average molecular weight is 506 g/mol. The second kappa shape index (κ2) is 11.5. The number of carbonyl (C=O) groups is 1. The second-order valence-electron chi connectivity index (χ2n) is 7.93. The van der Waals surface area contributed by atoms with Crippen molar-refractivity contribution < 1.29 is 32.9 Å². The van der Waals surface area contributed by atoms with E-state index in [0.717, 1.165) is 0 Å². The first kappa shape index (κ1) is 26.4. The molecular formula is C26H26ClF2NO5. The number of benzene rings is 2. The van der Waals surface area contributed by atoms with Gasteiger partial charge in [-0.15, -0.1) is 0 Å². The highest BCUT2D eigenvalue weighted by Gasteiger charge is 2.30. The lowest BCUT2D eigenvalue weighted by Gasteiger charge is -2.21. The molecule has 0 spiro atoms. The normalized spacial score (nSPS) is 12.7. The van der Waals surface area contributed by atoms with Crippen LogP contribution in [0.25, 0.3) is 11.3 Å². The molecule has 2 aromatic carbocycles. The van der Waals surface area contributed by atoms with Crippen LogP contribution < -0.4 is 14.2 Å².